The van der Waals surface area contributed by atoms with Crippen molar-refractivity contribution in [3.63, 3.8) is 0 Å². The molecule has 0 saturated heterocycles. The fraction of sp³-hybridized carbons (Fsp3) is 0.0833. The van der Waals surface area contributed by atoms with E-state index in [1.165, 1.54) is 0 Å². The van der Waals surface area contributed by atoms with Crippen molar-refractivity contribution >= 4 is 37.5 Å². The van der Waals surface area contributed by atoms with Crippen molar-refractivity contribution in [1.82, 2.24) is 4.98 Å². The van der Waals surface area contributed by atoms with E-state index in [0.717, 1.165) is 20.3 Å². The molecule has 0 spiro atoms. The van der Waals surface area contributed by atoms with Crippen LogP contribution in [0.3, 0.4) is 0 Å². The van der Waals surface area contributed by atoms with Gasteiger partial charge in [-0.3, -0.25) is 4.98 Å². The fourth-order valence-corrected chi connectivity index (χ4v) is 1.91. The molecule has 2 N–H and O–H groups in total. The lowest BCUT2D eigenvalue weighted by atomic mass is 10.2. The lowest BCUT2D eigenvalue weighted by Gasteiger charge is -2.07. The molecule has 0 atom stereocenters. The van der Waals surface area contributed by atoms with Gasteiger partial charge in [-0.2, -0.15) is 0 Å². The minimum atomic E-state index is 0.468. The van der Waals surface area contributed by atoms with Gasteiger partial charge in [0.1, 0.15) is 12.4 Å². The van der Waals surface area contributed by atoms with Crippen LogP contribution in [-0.4, -0.2) is 4.98 Å². The highest BCUT2D eigenvalue weighted by Gasteiger charge is 2.00. The summed E-state index contributed by atoms with van der Waals surface area (Å²) in [7, 11) is 0. The van der Waals surface area contributed by atoms with Crippen LogP contribution in [0.5, 0.6) is 5.75 Å². The third-order valence-corrected chi connectivity index (χ3v) is 3.30. The monoisotopic (exact) mass is 356 g/mol. The summed E-state index contributed by atoms with van der Waals surface area (Å²) in [5, 5.41) is 0. The highest BCUT2D eigenvalue weighted by molar-refractivity contribution is 9.10. The molecule has 0 aliphatic carbocycles. The second-order valence-electron chi connectivity index (χ2n) is 3.48. The highest BCUT2D eigenvalue weighted by Crippen LogP contribution is 2.22. The molecule has 17 heavy (non-hydrogen) atoms. The zero-order valence-corrected chi connectivity index (χ0v) is 12.0. The SMILES string of the molecule is Nc1cc(COc2cncc(Br)c2)ccc1Br. The number of hydrogen-bond acceptors (Lipinski definition) is 3. The molecule has 0 radical (unpaired) electrons. The topological polar surface area (TPSA) is 48.1 Å². The van der Waals surface area contributed by atoms with Gasteiger partial charge >= 0.3 is 0 Å². The summed E-state index contributed by atoms with van der Waals surface area (Å²) in [6.45, 7) is 0.468. The average Bonchev–Trinajstić information content (AvgIpc) is 2.31. The van der Waals surface area contributed by atoms with E-state index >= 15 is 0 Å². The summed E-state index contributed by atoms with van der Waals surface area (Å²) in [6, 6.07) is 7.63. The van der Waals surface area contributed by atoms with Crippen LogP contribution in [-0.2, 0) is 6.61 Å². The molecular weight excluding hydrogens is 348 g/mol. The Bertz CT molecular complexity index is 532. The lowest BCUT2D eigenvalue weighted by Crippen LogP contribution is -1.97. The molecule has 0 unspecified atom stereocenters. The van der Waals surface area contributed by atoms with Crippen molar-refractivity contribution in [2.75, 3.05) is 5.73 Å². The maximum atomic E-state index is 5.79. The predicted molar refractivity (Wildman–Crippen MR) is 74.8 cm³/mol. The van der Waals surface area contributed by atoms with Crippen LogP contribution in [0.4, 0.5) is 5.69 Å². The van der Waals surface area contributed by atoms with Crippen molar-refractivity contribution in [1.29, 1.82) is 0 Å². The van der Waals surface area contributed by atoms with E-state index in [9.17, 15) is 0 Å². The molecule has 0 amide bonds. The van der Waals surface area contributed by atoms with Gasteiger partial charge in [-0.15, -0.1) is 0 Å². The quantitative estimate of drug-likeness (QED) is 0.850. The van der Waals surface area contributed by atoms with Crippen LogP contribution >= 0.6 is 31.9 Å². The third-order valence-electron chi connectivity index (χ3n) is 2.15. The first-order valence-electron chi connectivity index (χ1n) is 4.92. The predicted octanol–water partition coefficient (Wildman–Crippen LogP) is 3.77. The summed E-state index contributed by atoms with van der Waals surface area (Å²) in [5.41, 5.74) is 7.52. The van der Waals surface area contributed by atoms with E-state index in [1.54, 1.807) is 12.4 Å². The van der Waals surface area contributed by atoms with Crippen LogP contribution in [0, 0.1) is 0 Å². The lowest BCUT2D eigenvalue weighted by molar-refractivity contribution is 0.305. The number of aromatic nitrogens is 1. The minimum Gasteiger partial charge on any atom is -0.487 e. The van der Waals surface area contributed by atoms with Gasteiger partial charge < -0.3 is 10.5 Å². The highest BCUT2D eigenvalue weighted by atomic mass is 79.9. The van der Waals surface area contributed by atoms with Gasteiger partial charge in [0.25, 0.3) is 0 Å². The van der Waals surface area contributed by atoms with E-state index in [4.69, 9.17) is 10.5 Å². The van der Waals surface area contributed by atoms with Gasteiger partial charge in [0, 0.05) is 20.8 Å². The van der Waals surface area contributed by atoms with Crippen molar-refractivity contribution < 1.29 is 4.74 Å². The van der Waals surface area contributed by atoms with Crippen LogP contribution in [0.2, 0.25) is 0 Å². The van der Waals surface area contributed by atoms with Gasteiger partial charge in [0.15, 0.2) is 0 Å². The summed E-state index contributed by atoms with van der Waals surface area (Å²) in [5.74, 6) is 0.723. The van der Waals surface area contributed by atoms with Crippen molar-refractivity contribution in [2.24, 2.45) is 0 Å². The number of nitrogen functional groups attached to an aromatic ring is 1. The summed E-state index contributed by atoms with van der Waals surface area (Å²) in [6.07, 6.45) is 3.39. The number of anilines is 1. The van der Waals surface area contributed by atoms with Crippen molar-refractivity contribution in [3.05, 3.63) is 51.2 Å². The number of rotatable bonds is 3. The number of benzene rings is 1. The van der Waals surface area contributed by atoms with Crippen LogP contribution in [0.25, 0.3) is 0 Å². The fourth-order valence-electron chi connectivity index (χ4n) is 1.32. The number of nitrogens with zero attached hydrogens (tertiary/aromatic N) is 1. The van der Waals surface area contributed by atoms with Crippen LogP contribution < -0.4 is 10.5 Å². The molecule has 88 valence electrons. The zero-order chi connectivity index (χ0) is 12.3. The van der Waals surface area contributed by atoms with E-state index in [-0.39, 0.29) is 0 Å². The van der Waals surface area contributed by atoms with E-state index in [1.807, 2.05) is 24.3 Å². The normalized spacial score (nSPS) is 10.2. The Labute approximate surface area is 116 Å². The molecule has 0 fully saturated rings. The Kier molecular flexibility index (Phi) is 4.02. The molecule has 1 aromatic heterocycles. The molecule has 1 aromatic carbocycles. The Balaban J connectivity index is 2.05. The average molecular weight is 358 g/mol. The minimum absolute atomic E-state index is 0.468. The molecule has 0 bridgehead atoms. The van der Waals surface area contributed by atoms with Crippen LogP contribution in [0.15, 0.2) is 45.6 Å². The molecule has 0 saturated carbocycles. The maximum absolute atomic E-state index is 5.79. The number of nitrogens with two attached hydrogens (primary N) is 1. The molecule has 2 aromatic rings. The van der Waals surface area contributed by atoms with Gasteiger partial charge in [-0.25, -0.2) is 0 Å². The largest absolute Gasteiger partial charge is 0.487 e. The number of halogens is 2. The smallest absolute Gasteiger partial charge is 0.139 e. The summed E-state index contributed by atoms with van der Waals surface area (Å²) >= 11 is 6.69. The van der Waals surface area contributed by atoms with Gasteiger partial charge in [-0.05, 0) is 55.6 Å². The zero-order valence-electron chi connectivity index (χ0n) is 8.86. The number of pyridine rings is 1. The summed E-state index contributed by atoms with van der Waals surface area (Å²) in [4.78, 5) is 4.02. The standard InChI is InChI=1S/C12H10Br2N2O/c13-9-4-10(6-16-5-9)17-7-8-1-2-11(14)12(15)3-8/h1-6H,7,15H2. The first-order valence-corrected chi connectivity index (χ1v) is 6.51. The van der Waals surface area contributed by atoms with E-state index in [2.05, 4.69) is 36.8 Å². The molecule has 3 nitrogen and oxygen atoms in total. The number of hydrogen-bond donors (Lipinski definition) is 1. The first-order chi connectivity index (χ1) is 8.15. The summed E-state index contributed by atoms with van der Waals surface area (Å²) < 4.78 is 7.39. The molecule has 0 aliphatic rings. The second-order valence-corrected chi connectivity index (χ2v) is 5.25. The molecule has 0 aliphatic heterocycles. The van der Waals surface area contributed by atoms with E-state index < -0.39 is 0 Å². The van der Waals surface area contributed by atoms with Gasteiger partial charge in [-0.1, -0.05) is 6.07 Å². The molecule has 1 heterocycles. The third kappa shape index (κ3) is 3.44. The van der Waals surface area contributed by atoms with Gasteiger partial charge in [0.2, 0.25) is 0 Å². The Morgan fingerprint density at radius 1 is 1.18 bits per heavy atom. The van der Waals surface area contributed by atoms with Crippen LogP contribution in [0.1, 0.15) is 5.56 Å². The van der Waals surface area contributed by atoms with Crippen molar-refractivity contribution in [2.45, 2.75) is 6.61 Å². The Morgan fingerprint density at radius 3 is 2.71 bits per heavy atom. The number of ether oxygens (including phenoxy) is 1. The Morgan fingerprint density at radius 2 is 2.00 bits per heavy atom. The molecule has 5 heteroatoms. The Hall–Kier alpha value is -1.07. The first kappa shape index (κ1) is 12.4. The van der Waals surface area contributed by atoms with Gasteiger partial charge in [0.05, 0.1) is 6.20 Å². The molecular formula is C12H10Br2N2O. The second kappa shape index (κ2) is 5.51. The molecule has 2 rings (SSSR count). The maximum Gasteiger partial charge on any atom is 0.139 e. The van der Waals surface area contributed by atoms with Crippen molar-refractivity contribution in [3.8, 4) is 5.75 Å². The van der Waals surface area contributed by atoms with E-state index in [0.29, 0.717) is 12.3 Å².